The van der Waals surface area contributed by atoms with E-state index in [1.54, 1.807) is 23.9 Å². The number of hydrogen-bond acceptors (Lipinski definition) is 5. The van der Waals surface area contributed by atoms with Gasteiger partial charge in [0.1, 0.15) is 23.8 Å². The molecule has 1 unspecified atom stereocenters. The van der Waals surface area contributed by atoms with Crippen LogP contribution >= 0.6 is 0 Å². The van der Waals surface area contributed by atoms with Crippen LogP contribution in [0.1, 0.15) is 36.9 Å². The minimum Gasteiger partial charge on any atom is -0.489 e. The van der Waals surface area contributed by atoms with Gasteiger partial charge in [0, 0.05) is 24.9 Å². The van der Waals surface area contributed by atoms with Crippen molar-refractivity contribution in [2.45, 2.75) is 37.6 Å². The van der Waals surface area contributed by atoms with E-state index in [-0.39, 0.29) is 24.8 Å². The number of ether oxygens (including phenoxy) is 1. The number of aliphatic hydroxyl groups excluding tert-OH is 2. The predicted octanol–water partition coefficient (Wildman–Crippen LogP) is 3.33. The predicted molar refractivity (Wildman–Crippen MR) is 117 cm³/mol. The number of aromatic nitrogens is 2. The van der Waals surface area contributed by atoms with Crippen molar-refractivity contribution in [3.8, 4) is 16.9 Å². The normalized spacial score (nSPS) is 20.3. The van der Waals surface area contributed by atoms with Gasteiger partial charge in [0.05, 0.1) is 12.6 Å². The van der Waals surface area contributed by atoms with Gasteiger partial charge >= 0.3 is 0 Å². The molecule has 6 heteroatoms. The summed E-state index contributed by atoms with van der Waals surface area (Å²) in [4.78, 5) is 4.17. The van der Waals surface area contributed by atoms with Gasteiger partial charge in [-0.1, -0.05) is 48.6 Å². The molecule has 6 nitrogen and oxygen atoms in total. The molecule has 2 aromatic carbocycles. The molecule has 3 aromatic rings. The molecular formula is C24H27N3O3. The molecule has 1 aliphatic carbocycles. The van der Waals surface area contributed by atoms with Gasteiger partial charge < -0.3 is 25.3 Å². The van der Waals surface area contributed by atoms with Crippen LogP contribution in [0.15, 0.2) is 67.0 Å². The summed E-state index contributed by atoms with van der Waals surface area (Å²) in [5.41, 5.74) is 9.05. The first-order valence-electron chi connectivity index (χ1n) is 10.2. The van der Waals surface area contributed by atoms with Crippen LogP contribution in [0.3, 0.4) is 0 Å². The highest BCUT2D eigenvalue weighted by atomic mass is 16.5. The minimum absolute atomic E-state index is 0.0785. The molecule has 30 heavy (non-hydrogen) atoms. The van der Waals surface area contributed by atoms with Crippen molar-refractivity contribution < 1.29 is 14.9 Å². The summed E-state index contributed by atoms with van der Waals surface area (Å²) in [7, 11) is 0. The molecule has 1 heterocycles. The lowest BCUT2D eigenvalue weighted by Crippen LogP contribution is -2.14. The molecule has 4 rings (SSSR count). The maximum atomic E-state index is 9.83. The highest BCUT2D eigenvalue weighted by molar-refractivity contribution is 5.66. The average molecular weight is 405 g/mol. The van der Waals surface area contributed by atoms with E-state index in [0.717, 1.165) is 28.9 Å². The third kappa shape index (κ3) is 4.62. The second kappa shape index (κ2) is 8.83. The Kier molecular flexibility index (Phi) is 5.99. The van der Waals surface area contributed by atoms with Crippen molar-refractivity contribution in [3.05, 3.63) is 78.4 Å². The fourth-order valence-corrected chi connectivity index (χ4v) is 3.40. The SMILES string of the molecule is C[C@H](O)c1nccn1C(C=Cc1ccc(-c2ccc(O[C@H]3C[C@@H]3N)cc2)cc1)CO. The summed E-state index contributed by atoms with van der Waals surface area (Å²) in [6.45, 7) is 1.58. The van der Waals surface area contributed by atoms with Crippen LogP contribution in [0.4, 0.5) is 0 Å². The lowest BCUT2D eigenvalue weighted by atomic mass is 10.0. The Morgan fingerprint density at radius 3 is 2.37 bits per heavy atom. The molecule has 0 saturated heterocycles. The minimum atomic E-state index is -0.695. The number of benzene rings is 2. The standard InChI is InChI=1S/C24H27N3O3/c1-16(29)24-26-12-13-27(24)20(15-28)9-4-17-2-5-18(6-3-17)19-7-10-21(11-8-19)30-23-14-22(23)25/h2-13,16,20,22-23,28-29H,14-15,25H2,1H3/t16-,20?,22-,23-/m0/s1. The molecule has 0 radical (unpaired) electrons. The zero-order valence-electron chi connectivity index (χ0n) is 16.9. The van der Waals surface area contributed by atoms with E-state index < -0.39 is 6.10 Å². The van der Waals surface area contributed by atoms with Crippen LogP contribution in [0.2, 0.25) is 0 Å². The first kappa shape index (κ1) is 20.3. The summed E-state index contributed by atoms with van der Waals surface area (Å²) in [6.07, 6.45) is 7.66. The highest BCUT2D eigenvalue weighted by Gasteiger charge is 2.35. The lowest BCUT2D eigenvalue weighted by Gasteiger charge is -2.16. The lowest BCUT2D eigenvalue weighted by molar-refractivity contribution is 0.175. The second-order valence-electron chi connectivity index (χ2n) is 7.68. The molecule has 0 aliphatic heterocycles. The number of rotatable bonds is 8. The van der Waals surface area contributed by atoms with Gasteiger partial charge in [-0.3, -0.25) is 0 Å². The van der Waals surface area contributed by atoms with E-state index >= 15 is 0 Å². The van der Waals surface area contributed by atoms with Crippen molar-refractivity contribution in [1.82, 2.24) is 9.55 Å². The van der Waals surface area contributed by atoms with E-state index in [0.29, 0.717) is 5.82 Å². The smallest absolute Gasteiger partial charge is 0.137 e. The fraction of sp³-hybridized carbons (Fsp3) is 0.292. The van der Waals surface area contributed by atoms with Crippen molar-refractivity contribution in [3.63, 3.8) is 0 Å². The van der Waals surface area contributed by atoms with Crippen molar-refractivity contribution in [1.29, 1.82) is 0 Å². The Morgan fingerprint density at radius 1 is 1.17 bits per heavy atom. The van der Waals surface area contributed by atoms with Gasteiger partial charge in [-0.05, 0) is 35.7 Å². The number of imidazole rings is 1. The van der Waals surface area contributed by atoms with Gasteiger partial charge in [0.25, 0.3) is 0 Å². The van der Waals surface area contributed by atoms with Crippen LogP contribution in [0.5, 0.6) is 5.75 Å². The van der Waals surface area contributed by atoms with Crippen LogP contribution in [0.25, 0.3) is 17.2 Å². The third-order valence-electron chi connectivity index (χ3n) is 5.29. The molecule has 156 valence electrons. The number of hydrogen-bond donors (Lipinski definition) is 3. The zero-order chi connectivity index (χ0) is 21.1. The molecule has 4 atom stereocenters. The Hall–Kier alpha value is -2.93. The molecule has 0 amide bonds. The monoisotopic (exact) mass is 405 g/mol. The number of nitrogens with two attached hydrogens (primary N) is 1. The third-order valence-corrected chi connectivity index (χ3v) is 5.29. The van der Waals surface area contributed by atoms with Crippen LogP contribution in [-0.2, 0) is 0 Å². The van der Waals surface area contributed by atoms with Gasteiger partial charge in [-0.15, -0.1) is 0 Å². The van der Waals surface area contributed by atoms with Crippen LogP contribution < -0.4 is 10.5 Å². The molecule has 0 bridgehead atoms. The molecule has 4 N–H and O–H groups in total. The first-order chi connectivity index (χ1) is 14.5. The van der Waals surface area contributed by atoms with E-state index in [9.17, 15) is 10.2 Å². The van der Waals surface area contributed by atoms with Gasteiger partial charge in [0.2, 0.25) is 0 Å². The molecule has 1 saturated carbocycles. The summed E-state index contributed by atoms with van der Waals surface area (Å²) < 4.78 is 7.57. The van der Waals surface area contributed by atoms with Gasteiger partial charge in [-0.25, -0.2) is 4.98 Å². The summed E-state index contributed by atoms with van der Waals surface area (Å²) >= 11 is 0. The fourth-order valence-electron chi connectivity index (χ4n) is 3.40. The quantitative estimate of drug-likeness (QED) is 0.534. The van der Waals surface area contributed by atoms with E-state index in [1.165, 1.54) is 0 Å². The Labute approximate surface area is 176 Å². The van der Waals surface area contributed by atoms with Crippen LogP contribution in [-0.4, -0.2) is 38.5 Å². The maximum absolute atomic E-state index is 9.83. The topological polar surface area (TPSA) is 93.5 Å². The van der Waals surface area contributed by atoms with Gasteiger partial charge in [0.15, 0.2) is 0 Å². The molecular weight excluding hydrogens is 378 g/mol. The Morgan fingerprint density at radius 2 is 1.80 bits per heavy atom. The largest absolute Gasteiger partial charge is 0.489 e. The molecule has 1 aromatic heterocycles. The molecule has 0 spiro atoms. The first-order valence-corrected chi connectivity index (χ1v) is 10.2. The summed E-state index contributed by atoms with van der Waals surface area (Å²) in [5.74, 6) is 1.38. The van der Waals surface area contributed by atoms with E-state index in [1.807, 2.05) is 48.6 Å². The average Bonchev–Trinajstić information content (AvgIpc) is 3.24. The maximum Gasteiger partial charge on any atom is 0.137 e. The Balaban J connectivity index is 1.43. The van der Waals surface area contributed by atoms with Crippen molar-refractivity contribution in [2.75, 3.05) is 6.61 Å². The van der Waals surface area contributed by atoms with Crippen molar-refractivity contribution >= 4 is 6.08 Å². The van der Waals surface area contributed by atoms with E-state index in [4.69, 9.17) is 10.5 Å². The number of nitrogens with zero attached hydrogens (tertiary/aromatic N) is 2. The zero-order valence-corrected chi connectivity index (χ0v) is 16.9. The number of aliphatic hydroxyl groups is 2. The summed E-state index contributed by atoms with van der Waals surface area (Å²) in [5, 5.41) is 19.6. The highest BCUT2D eigenvalue weighted by Crippen LogP contribution is 2.28. The van der Waals surface area contributed by atoms with E-state index in [2.05, 4.69) is 17.1 Å². The van der Waals surface area contributed by atoms with Crippen LogP contribution in [0, 0.1) is 0 Å². The second-order valence-corrected chi connectivity index (χ2v) is 7.68. The Bertz CT molecular complexity index is 993. The van der Waals surface area contributed by atoms with Gasteiger partial charge in [-0.2, -0.15) is 0 Å². The van der Waals surface area contributed by atoms with Crippen molar-refractivity contribution in [2.24, 2.45) is 5.73 Å². The molecule has 1 aliphatic rings. The molecule has 1 fully saturated rings. The summed E-state index contributed by atoms with van der Waals surface area (Å²) in [6, 6.07) is 16.1.